The van der Waals surface area contributed by atoms with Gasteiger partial charge < -0.3 is 9.64 Å². The lowest BCUT2D eigenvalue weighted by Gasteiger charge is -2.17. The van der Waals surface area contributed by atoms with E-state index in [1.807, 2.05) is 43.1 Å². The van der Waals surface area contributed by atoms with Crippen LogP contribution in [0.1, 0.15) is 20.9 Å². The molecule has 0 unspecified atom stereocenters. The van der Waals surface area contributed by atoms with Crippen molar-refractivity contribution in [1.29, 1.82) is 0 Å². The van der Waals surface area contributed by atoms with Crippen molar-refractivity contribution in [2.24, 2.45) is 0 Å². The number of nitrogens with zero attached hydrogens (tertiary/aromatic N) is 2. The number of carbonyl (C=O) groups is 1. The predicted octanol–water partition coefficient (Wildman–Crippen LogP) is 2.91. The fourth-order valence-electron chi connectivity index (χ4n) is 1.82. The van der Waals surface area contributed by atoms with Crippen molar-refractivity contribution in [2.75, 3.05) is 19.1 Å². The lowest BCUT2D eigenvalue weighted by molar-refractivity contribution is 0.112. The minimum absolute atomic E-state index is 0.682. The number of aldehydes is 1. The van der Waals surface area contributed by atoms with Gasteiger partial charge in [-0.05, 0) is 13.0 Å². The first-order valence-electron chi connectivity index (χ1n) is 5.91. The molecule has 0 atom stereocenters. The molecule has 5 heteroatoms. The van der Waals surface area contributed by atoms with Crippen molar-refractivity contribution in [2.45, 2.75) is 13.5 Å². The van der Waals surface area contributed by atoms with Gasteiger partial charge in [0.05, 0.1) is 17.7 Å². The molecule has 0 amide bonds. The first kappa shape index (κ1) is 13.5. The normalized spacial score (nSPS) is 10.3. The van der Waals surface area contributed by atoms with Crippen molar-refractivity contribution in [3.8, 4) is 5.75 Å². The summed E-state index contributed by atoms with van der Waals surface area (Å²) in [5.74, 6) is 0.859. The monoisotopic (exact) mass is 276 g/mol. The Morgan fingerprint density at radius 2 is 2.16 bits per heavy atom. The topological polar surface area (TPSA) is 42.4 Å². The van der Waals surface area contributed by atoms with E-state index < -0.39 is 0 Å². The zero-order valence-corrected chi connectivity index (χ0v) is 12.0. The molecule has 0 radical (unpaired) electrons. The Bertz CT molecular complexity index is 581. The summed E-state index contributed by atoms with van der Waals surface area (Å²) in [4.78, 5) is 18.0. The van der Waals surface area contributed by atoms with Gasteiger partial charge in [0.2, 0.25) is 0 Å². The lowest BCUT2D eigenvalue weighted by atomic mass is 10.2. The molecule has 1 aromatic heterocycles. The van der Waals surface area contributed by atoms with Gasteiger partial charge in [0.25, 0.3) is 0 Å². The van der Waals surface area contributed by atoms with Crippen LogP contribution in [0, 0.1) is 6.92 Å². The highest BCUT2D eigenvalue weighted by molar-refractivity contribution is 7.17. The second-order valence-corrected chi connectivity index (χ2v) is 5.24. The fourth-order valence-corrected chi connectivity index (χ4v) is 2.66. The Balaban J connectivity index is 2.20. The van der Waals surface area contributed by atoms with E-state index >= 15 is 0 Å². The number of carbonyl (C=O) groups excluding carboxylic acids is 1. The number of hydrogen-bond acceptors (Lipinski definition) is 5. The van der Waals surface area contributed by atoms with Crippen molar-refractivity contribution >= 4 is 22.8 Å². The third-order valence-corrected chi connectivity index (χ3v) is 4.05. The highest BCUT2D eigenvalue weighted by Gasteiger charge is 2.12. The van der Waals surface area contributed by atoms with E-state index in [1.54, 1.807) is 7.11 Å². The molecular weight excluding hydrogens is 260 g/mol. The zero-order valence-electron chi connectivity index (χ0n) is 11.2. The van der Waals surface area contributed by atoms with Crippen molar-refractivity contribution < 1.29 is 9.53 Å². The molecule has 0 aliphatic carbocycles. The molecule has 0 aliphatic heterocycles. The summed E-state index contributed by atoms with van der Waals surface area (Å²) in [6.45, 7) is 2.54. The summed E-state index contributed by atoms with van der Waals surface area (Å²) in [6, 6.07) is 7.89. The number of ether oxygens (including phenoxy) is 1. The maximum atomic E-state index is 10.9. The van der Waals surface area contributed by atoms with Crippen molar-refractivity contribution in [1.82, 2.24) is 4.98 Å². The van der Waals surface area contributed by atoms with Crippen molar-refractivity contribution in [3.05, 3.63) is 40.4 Å². The third-order valence-electron chi connectivity index (χ3n) is 2.85. The Morgan fingerprint density at radius 3 is 2.79 bits per heavy atom. The van der Waals surface area contributed by atoms with Gasteiger partial charge in [0.15, 0.2) is 11.4 Å². The number of rotatable bonds is 5. The Kier molecular flexibility index (Phi) is 4.16. The van der Waals surface area contributed by atoms with Crippen LogP contribution in [0.4, 0.5) is 5.13 Å². The van der Waals surface area contributed by atoms with Gasteiger partial charge in [-0.2, -0.15) is 0 Å². The Morgan fingerprint density at radius 1 is 1.42 bits per heavy atom. The number of thiazole rings is 1. The number of anilines is 1. The van der Waals surface area contributed by atoms with Crippen LogP contribution in [0.2, 0.25) is 0 Å². The van der Waals surface area contributed by atoms with Crippen LogP contribution in [0.5, 0.6) is 5.75 Å². The Labute approximate surface area is 116 Å². The molecular formula is C14H16N2O2S. The predicted molar refractivity (Wildman–Crippen MR) is 77.3 cm³/mol. The third kappa shape index (κ3) is 2.93. The average molecular weight is 276 g/mol. The zero-order chi connectivity index (χ0) is 13.8. The van der Waals surface area contributed by atoms with Crippen LogP contribution in [0.3, 0.4) is 0 Å². The molecule has 0 spiro atoms. The fraction of sp³-hybridized carbons (Fsp3) is 0.286. The highest BCUT2D eigenvalue weighted by atomic mass is 32.1. The molecule has 0 fully saturated rings. The second kappa shape index (κ2) is 5.84. The minimum Gasteiger partial charge on any atom is -0.496 e. The summed E-state index contributed by atoms with van der Waals surface area (Å²) >= 11 is 1.41. The molecule has 19 heavy (non-hydrogen) atoms. The summed E-state index contributed by atoms with van der Waals surface area (Å²) in [6.07, 6.45) is 0.855. The van der Waals surface area contributed by atoms with E-state index in [0.717, 1.165) is 28.4 Å². The number of methoxy groups -OCH3 is 1. The quantitative estimate of drug-likeness (QED) is 0.787. The van der Waals surface area contributed by atoms with Gasteiger partial charge in [0, 0.05) is 19.2 Å². The molecule has 1 heterocycles. The van der Waals surface area contributed by atoms with E-state index in [1.165, 1.54) is 11.3 Å². The van der Waals surface area contributed by atoms with Gasteiger partial charge in [-0.3, -0.25) is 4.79 Å². The van der Waals surface area contributed by atoms with E-state index in [4.69, 9.17) is 4.74 Å². The summed E-state index contributed by atoms with van der Waals surface area (Å²) < 4.78 is 5.33. The smallest absolute Gasteiger partial charge is 0.186 e. The largest absolute Gasteiger partial charge is 0.496 e. The number of aromatic nitrogens is 1. The van der Waals surface area contributed by atoms with E-state index in [0.29, 0.717) is 11.4 Å². The standard InChI is InChI=1S/C14H16N2O2S/c1-10-13(9-17)19-14(15-10)16(2)8-11-6-4-5-7-12(11)18-3/h4-7,9H,8H2,1-3H3. The van der Waals surface area contributed by atoms with Crippen molar-refractivity contribution in [3.63, 3.8) is 0 Å². The maximum Gasteiger partial charge on any atom is 0.186 e. The molecule has 2 rings (SSSR count). The first-order chi connectivity index (χ1) is 9.15. The Hall–Kier alpha value is -1.88. The molecule has 0 bridgehead atoms. The lowest BCUT2D eigenvalue weighted by Crippen LogP contribution is -2.16. The second-order valence-electron chi connectivity index (χ2n) is 4.23. The summed E-state index contributed by atoms with van der Waals surface area (Å²) in [7, 11) is 3.62. The van der Waals surface area contributed by atoms with E-state index in [-0.39, 0.29) is 0 Å². The average Bonchev–Trinajstić information content (AvgIpc) is 2.80. The van der Waals surface area contributed by atoms with Crippen LogP contribution in [-0.4, -0.2) is 25.4 Å². The number of para-hydroxylation sites is 1. The first-order valence-corrected chi connectivity index (χ1v) is 6.73. The van der Waals surface area contributed by atoms with Gasteiger partial charge in [-0.15, -0.1) is 0 Å². The van der Waals surface area contributed by atoms with Crippen LogP contribution in [0.15, 0.2) is 24.3 Å². The SMILES string of the molecule is COc1ccccc1CN(C)c1nc(C)c(C=O)s1. The van der Waals surface area contributed by atoms with E-state index in [2.05, 4.69) is 4.98 Å². The van der Waals surface area contributed by atoms with Crippen LogP contribution < -0.4 is 9.64 Å². The highest BCUT2D eigenvalue weighted by Crippen LogP contribution is 2.27. The van der Waals surface area contributed by atoms with Crippen LogP contribution in [-0.2, 0) is 6.54 Å². The van der Waals surface area contributed by atoms with Gasteiger partial charge in [-0.25, -0.2) is 4.98 Å². The molecule has 4 nitrogen and oxygen atoms in total. The molecule has 100 valence electrons. The number of benzene rings is 1. The summed E-state index contributed by atoms with van der Waals surface area (Å²) in [5.41, 5.74) is 1.87. The maximum absolute atomic E-state index is 10.9. The molecule has 0 saturated carbocycles. The molecule has 0 N–H and O–H groups in total. The molecule has 2 aromatic rings. The van der Waals surface area contributed by atoms with Gasteiger partial charge >= 0.3 is 0 Å². The van der Waals surface area contributed by atoms with Crippen LogP contribution >= 0.6 is 11.3 Å². The van der Waals surface area contributed by atoms with E-state index in [9.17, 15) is 4.79 Å². The van der Waals surface area contributed by atoms with Gasteiger partial charge in [0.1, 0.15) is 5.75 Å². The summed E-state index contributed by atoms with van der Waals surface area (Å²) in [5, 5.41) is 0.838. The molecule has 0 aliphatic rings. The minimum atomic E-state index is 0.682. The number of hydrogen-bond donors (Lipinski definition) is 0. The van der Waals surface area contributed by atoms with Crippen LogP contribution in [0.25, 0.3) is 0 Å². The number of aryl methyl sites for hydroxylation is 1. The van der Waals surface area contributed by atoms with Gasteiger partial charge in [-0.1, -0.05) is 29.5 Å². The molecule has 0 saturated heterocycles. The molecule has 1 aromatic carbocycles.